The predicted octanol–water partition coefficient (Wildman–Crippen LogP) is 6.83. The lowest BCUT2D eigenvalue weighted by atomic mass is 10.0. The minimum atomic E-state index is -0.154. The van der Waals surface area contributed by atoms with Gasteiger partial charge in [-0.25, -0.2) is 4.68 Å². The summed E-state index contributed by atoms with van der Waals surface area (Å²) in [6, 6.07) is 25.5. The Morgan fingerprint density at radius 1 is 0.919 bits per heavy atom. The van der Waals surface area contributed by atoms with Gasteiger partial charge in [0.15, 0.2) is 0 Å². The van der Waals surface area contributed by atoms with Gasteiger partial charge in [-0.05, 0) is 74.4 Å². The Hall–Kier alpha value is -4.45. The number of para-hydroxylation sites is 2. The van der Waals surface area contributed by atoms with E-state index in [-0.39, 0.29) is 5.91 Å². The molecule has 1 aromatic heterocycles. The first-order valence-corrected chi connectivity index (χ1v) is 12.6. The lowest BCUT2D eigenvalue weighted by Gasteiger charge is -2.11. The zero-order valence-corrected chi connectivity index (χ0v) is 21.4. The molecule has 1 aliphatic heterocycles. The summed E-state index contributed by atoms with van der Waals surface area (Å²) in [6.07, 6.45) is 5.98. The van der Waals surface area contributed by atoms with Crippen molar-refractivity contribution in [2.75, 3.05) is 11.6 Å². The van der Waals surface area contributed by atoms with Gasteiger partial charge in [-0.15, -0.1) is 0 Å². The molecule has 186 valence electrons. The highest BCUT2D eigenvalue weighted by Crippen LogP contribution is 2.32. The molecule has 6 heteroatoms. The van der Waals surface area contributed by atoms with E-state index >= 15 is 0 Å². The van der Waals surface area contributed by atoms with Crippen LogP contribution in [0.25, 0.3) is 23.0 Å². The first-order valence-electron chi connectivity index (χ1n) is 12.6. The topological polar surface area (TPSA) is 59.7 Å². The fraction of sp³-hybridized carbons (Fsp3) is 0.194. The molecule has 0 radical (unpaired) electrons. The number of hydrogen-bond acceptors (Lipinski definition) is 4. The molecule has 0 saturated carbocycles. The molecule has 4 aromatic rings. The SMILES string of the molecule is CCCCOc1ccc(-c2nn(-c3ccccc3)cc2C=C2C(=O)N(c3ccccc3)N=C2C)c(C)c1. The molecular formula is C31H30N4O2. The Morgan fingerprint density at radius 3 is 2.30 bits per heavy atom. The van der Waals surface area contributed by atoms with Crippen LogP contribution in [0.2, 0.25) is 0 Å². The molecule has 0 spiro atoms. The van der Waals surface area contributed by atoms with Gasteiger partial charge < -0.3 is 4.74 Å². The molecule has 0 atom stereocenters. The number of rotatable bonds is 8. The molecule has 0 unspecified atom stereocenters. The summed E-state index contributed by atoms with van der Waals surface area (Å²) >= 11 is 0. The molecule has 2 heterocycles. The lowest BCUT2D eigenvalue weighted by molar-refractivity contribution is -0.114. The number of nitrogens with zero attached hydrogens (tertiary/aromatic N) is 4. The van der Waals surface area contributed by atoms with Crippen LogP contribution in [-0.4, -0.2) is 28.0 Å². The number of benzene rings is 3. The predicted molar refractivity (Wildman–Crippen MR) is 149 cm³/mol. The smallest absolute Gasteiger partial charge is 0.280 e. The van der Waals surface area contributed by atoms with Crippen molar-refractivity contribution in [2.24, 2.45) is 5.10 Å². The van der Waals surface area contributed by atoms with Crippen LogP contribution in [0.3, 0.4) is 0 Å². The molecular weight excluding hydrogens is 460 g/mol. The summed E-state index contributed by atoms with van der Waals surface area (Å²) in [6.45, 7) is 6.78. The molecule has 1 aliphatic rings. The van der Waals surface area contributed by atoms with Crippen molar-refractivity contribution in [3.05, 3.63) is 102 Å². The van der Waals surface area contributed by atoms with E-state index < -0.39 is 0 Å². The van der Waals surface area contributed by atoms with Crippen molar-refractivity contribution < 1.29 is 9.53 Å². The normalized spacial score (nSPS) is 14.4. The minimum absolute atomic E-state index is 0.154. The fourth-order valence-corrected chi connectivity index (χ4v) is 4.33. The number of aryl methyl sites for hydroxylation is 1. The lowest BCUT2D eigenvalue weighted by Crippen LogP contribution is -2.21. The number of aromatic nitrogens is 2. The fourth-order valence-electron chi connectivity index (χ4n) is 4.33. The second-order valence-electron chi connectivity index (χ2n) is 9.09. The summed E-state index contributed by atoms with van der Waals surface area (Å²) < 4.78 is 7.76. The van der Waals surface area contributed by atoms with Gasteiger partial charge in [0.1, 0.15) is 11.4 Å². The number of amides is 1. The van der Waals surface area contributed by atoms with E-state index in [4.69, 9.17) is 9.84 Å². The standard InChI is InChI=1S/C31H30N4O2/c1-4-5-18-37-27-16-17-28(22(2)19-27)30-24(21-34(33-30)25-12-8-6-9-13-25)20-29-23(3)32-35(31(29)36)26-14-10-7-11-15-26/h6-17,19-21H,4-5,18H2,1-3H3. The van der Waals surface area contributed by atoms with Crippen molar-refractivity contribution in [2.45, 2.75) is 33.6 Å². The third-order valence-electron chi connectivity index (χ3n) is 6.35. The summed E-state index contributed by atoms with van der Waals surface area (Å²) in [5, 5.41) is 10.9. The second kappa shape index (κ2) is 10.7. The van der Waals surface area contributed by atoms with E-state index in [0.29, 0.717) is 17.9 Å². The Labute approximate surface area is 217 Å². The van der Waals surface area contributed by atoms with Gasteiger partial charge in [-0.1, -0.05) is 49.7 Å². The molecule has 37 heavy (non-hydrogen) atoms. The molecule has 0 fully saturated rings. The molecule has 0 N–H and O–H groups in total. The molecule has 0 bridgehead atoms. The van der Waals surface area contributed by atoms with Crippen molar-refractivity contribution in [1.29, 1.82) is 0 Å². The number of hydrogen-bond donors (Lipinski definition) is 0. The zero-order valence-electron chi connectivity index (χ0n) is 21.4. The first-order chi connectivity index (χ1) is 18.0. The maximum absolute atomic E-state index is 13.4. The van der Waals surface area contributed by atoms with Crippen LogP contribution < -0.4 is 9.75 Å². The molecule has 6 nitrogen and oxygen atoms in total. The van der Waals surface area contributed by atoms with E-state index in [9.17, 15) is 4.79 Å². The first kappa shape index (κ1) is 24.3. The maximum atomic E-state index is 13.4. The zero-order chi connectivity index (χ0) is 25.8. The summed E-state index contributed by atoms with van der Waals surface area (Å²) in [4.78, 5) is 13.4. The van der Waals surface area contributed by atoms with E-state index in [1.54, 1.807) is 0 Å². The Bertz CT molecular complexity index is 1470. The average molecular weight is 491 g/mol. The van der Waals surface area contributed by atoms with Gasteiger partial charge in [0.05, 0.1) is 29.3 Å². The Kier molecular flexibility index (Phi) is 6.99. The maximum Gasteiger partial charge on any atom is 0.280 e. The van der Waals surface area contributed by atoms with Gasteiger partial charge in [0.25, 0.3) is 5.91 Å². The summed E-state index contributed by atoms with van der Waals surface area (Å²) in [5.41, 5.74) is 6.60. The van der Waals surface area contributed by atoms with Crippen LogP contribution >= 0.6 is 0 Å². The monoisotopic (exact) mass is 490 g/mol. The van der Waals surface area contributed by atoms with Crippen LogP contribution in [0.5, 0.6) is 5.75 Å². The molecule has 1 amide bonds. The van der Waals surface area contributed by atoms with E-state index in [1.807, 2.05) is 103 Å². The number of anilines is 1. The number of hydrazone groups is 1. The van der Waals surface area contributed by atoms with E-state index in [1.165, 1.54) is 5.01 Å². The van der Waals surface area contributed by atoms with Crippen molar-refractivity contribution in [1.82, 2.24) is 9.78 Å². The van der Waals surface area contributed by atoms with Gasteiger partial charge >= 0.3 is 0 Å². The van der Waals surface area contributed by atoms with Gasteiger partial charge in [-0.2, -0.15) is 15.2 Å². The van der Waals surface area contributed by atoms with Crippen LogP contribution in [0.15, 0.2) is 95.7 Å². The van der Waals surface area contributed by atoms with E-state index in [2.05, 4.69) is 18.9 Å². The minimum Gasteiger partial charge on any atom is -0.494 e. The van der Waals surface area contributed by atoms with E-state index in [0.717, 1.165) is 52.4 Å². The summed E-state index contributed by atoms with van der Waals surface area (Å²) in [7, 11) is 0. The van der Waals surface area contributed by atoms with Crippen molar-refractivity contribution in [3.8, 4) is 22.7 Å². The van der Waals surface area contributed by atoms with Crippen molar-refractivity contribution >= 4 is 23.4 Å². The van der Waals surface area contributed by atoms with Gasteiger partial charge in [0.2, 0.25) is 0 Å². The second-order valence-corrected chi connectivity index (χ2v) is 9.09. The average Bonchev–Trinajstić information content (AvgIpc) is 3.46. The van der Waals surface area contributed by atoms with Gasteiger partial charge in [0, 0.05) is 17.3 Å². The van der Waals surface area contributed by atoms with Gasteiger partial charge in [-0.3, -0.25) is 4.79 Å². The number of carbonyl (C=O) groups excluding carboxylic acids is 1. The van der Waals surface area contributed by atoms with Crippen LogP contribution in [-0.2, 0) is 4.79 Å². The molecule has 0 aliphatic carbocycles. The molecule has 0 saturated heterocycles. The quantitative estimate of drug-likeness (QED) is 0.201. The van der Waals surface area contributed by atoms with Crippen molar-refractivity contribution in [3.63, 3.8) is 0 Å². The molecule has 5 rings (SSSR count). The highest BCUT2D eigenvalue weighted by molar-refractivity contribution is 6.32. The highest BCUT2D eigenvalue weighted by atomic mass is 16.5. The van der Waals surface area contributed by atoms with Crippen LogP contribution in [0, 0.1) is 6.92 Å². The summed E-state index contributed by atoms with van der Waals surface area (Å²) in [5.74, 6) is 0.697. The number of ether oxygens (including phenoxy) is 1. The third kappa shape index (κ3) is 5.09. The number of unbranched alkanes of at least 4 members (excludes halogenated alkanes) is 1. The van der Waals surface area contributed by atoms with Crippen LogP contribution in [0.4, 0.5) is 5.69 Å². The van der Waals surface area contributed by atoms with Crippen LogP contribution in [0.1, 0.15) is 37.8 Å². The Balaban J connectivity index is 1.56. The largest absolute Gasteiger partial charge is 0.494 e. The molecule has 3 aromatic carbocycles. The highest BCUT2D eigenvalue weighted by Gasteiger charge is 2.29. The Morgan fingerprint density at radius 2 is 1.62 bits per heavy atom. The number of carbonyl (C=O) groups is 1. The third-order valence-corrected chi connectivity index (χ3v) is 6.35.